The standard InChI is InChI=1S/C19H28N4O2.ClH/c1-11(12-5-7-16(8-6-12)23-19(21)25)22-18(24)15-9-13-3-2-4-14(10-15)17(13)20;/h5-8,11,13-15,17H,2-4,9-10,20H2,1H3,(H,22,24)(H3,21,23,25);1H. The van der Waals surface area contributed by atoms with Crippen molar-refractivity contribution in [3.63, 3.8) is 0 Å². The Labute approximate surface area is 160 Å². The maximum absolute atomic E-state index is 12.7. The van der Waals surface area contributed by atoms with Crippen molar-refractivity contribution in [3.05, 3.63) is 29.8 Å². The van der Waals surface area contributed by atoms with Crippen molar-refractivity contribution in [2.24, 2.45) is 29.2 Å². The molecule has 2 aliphatic carbocycles. The molecule has 2 aliphatic rings. The van der Waals surface area contributed by atoms with E-state index in [-0.39, 0.29) is 36.3 Å². The summed E-state index contributed by atoms with van der Waals surface area (Å²) < 4.78 is 0. The van der Waals surface area contributed by atoms with Crippen molar-refractivity contribution in [1.82, 2.24) is 5.32 Å². The molecule has 3 unspecified atom stereocenters. The van der Waals surface area contributed by atoms with E-state index in [2.05, 4.69) is 10.6 Å². The lowest BCUT2D eigenvalue weighted by molar-refractivity contribution is -0.128. The Morgan fingerprint density at radius 2 is 1.69 bits per heavy atom. The van der Waals surface area contributed by atoms with Crippen LogP contribution in [0.4, 0.5) is 10.5 Å². The number of anilines is 1. The lowest BCUT2D eigenvalue weighted by Gasteiger charge is -2.43. The number of primary amides is 1. The number of hydrogen-bond donors (Lipinski definition) is 4. The SMILES string of the molecule is CC(NC(=O)C1CC2CCCC(C1)C2N)c1ccc(NC(N)=O)cc1.Cl. The number of amides is 3. The minimum absolute atomic E-state index is 0. The molecular formula is C19H29ClN4O2. The number of benzene rings is 1. The largest absolute Gasteiger partial charge is 0.351 e. The molecule has 26 heavy (non-hydrogen) atoms. The molecular weight excluding hydrogens is 352 g/mol. The highest BCUT2D eigenvalue weighted by molar-refractivity contribution is 5.87. The fourth-order valence-electron chi connectivity index (χ4n) is 4.42. The third-order valence-corrected chi connectivity index (χ3v) is 5.82. The first-order valence-corrected chi connectivity index (χ1v) is 9.16. The zero-order valence-electron chi connectivity index (χ0n) is 15.1. The van der Waals surface area contributed by atoms with Crippen LogP contribution in [0.5, 0.6) is 0 Å². The molecule has 1 aromatic carbocycles. The molecule has 2 bridgehead atoms. The molecule has 6 N–H and O–H groups in total. The average Bonchev–Trinajstić information content (AvgIpc) is 2.54. The molecule has 1 aromatic rings. The Morgan fingerprint density at radius 3 is 2.23 bits per heavy atom. The first kappa shape index (κ1) is 20.5. The van der Waals surface area contributed by atoms with Gasteiger partial charge in [0, 0.05) is 17.6 Å². The topological polar surface area (TPSA) is 110 Å². The van der Waals surface area contributed by atoms with Crippen LogP contribution < -0.4 is 22.1 Å². The fraction of sp³-hybridized carbons (Fsp3) is 0.579. The molecule has 0 radical (unpaired) electrons. The van der Waals surface area contributed by atoms with Crippen molar-refractivity contribution >= 4 is 30.0 Å². The van der Waals surface area contributed by atoms with Gasteiger partial charge in [0.05, 0.1) is 6.04 Å². The number of fused-ring (bicyclic) bond motifs is 2. The predicted octanol–water partition coefficient (Wildman–Crippen LogP) is 2.93. The van der Waals surface area contributed by atoms with Crippen LogP contribution in [-0.2, 0) is 4.79 Å². The van der Waals surface area contributed by atoms with E-state index in [1.54, 1.807) is 12.1 Å². The number of carbonyl (C=O) groups is 2. The van der Waals surface area contributed by atoms with Gasteiger partial charge in [-0.05, 0) is 62.1 Å². The van der Waals surface area contributed by atoms with Crippen LogP contribution in [0.3, 0.4) is 0 Å². The van der Waals surface area contributed by atoms with Crippen molar-refractivity contribution in [1.29, 1.82) is 0 Å². The summed E-state index contributed by atoms with van der Waals surface area (Å²) in [5, 5.41) is 5.67. The lowest BCUT2D eigenvalue weighted by atomic mass is 9.65. The third kappa shape index (κ3) is 4.68. The molecule has 0 aliphatic heterocycles. The summed E-state index contributed by atoms with van der Waals surface area (Å²) >= 11 is 0. The molecule has 7 heteroatoms. The molecule has 3 amide bonds. The van der Waals surface area contributed by atoms with E-state index in [0.29, 0.717) is 17.5 Å². The maximum atomic E-state index is 12.7. The predicted molar refractivity (Wildman–Crippen MR) is 105 cm³/mol. The summed E-state index contributed by atoms with van der Waals surface area (Å²) in [5.74, 6) is 1.21. The molecule has 144 valence electrons. The van der Waals surface area contributed by atoms with Crippen LogP contribution >= 0.6 is 12.4 Å². The smallest absolute Gasteiger partial charge is 0.316 e. The van der Waals surface area contributed by atoms with Gasteiger partial charge in [0.25, 0.3) is 0 Å². The molecule has 2 fully saturated rings. The highest BCUT2D eigenvalue weighted by Gasteiger charge is 2.40. The van der Waals surface area contributed by atoms with Gasteiger partial charge in [-0.3, -0.25) is 4.79 Å². The lowest BCUT2D eigenvalue weighted by Crippen LogP contribution is -2.49. The third-order valence-electron chi connectivity index (χ3n) is 5.82. The quantitative estimate of drug-likeness (QED) is 0.644. The van der Waals surface area contributed by atoms with Gasteiger partial charge < -0.3 is 22.1 Å². The number of nitrogens with two attached hydrogens (primary N) is 2. The van der Waals surface area contributed by atoms with Crippen LogP contribution in [0.25, 0.3) is 0 Å². The van der Waals surface area contributed by atoms with E-state index in [4.69, 9.17) is 11.5 Å². The zero-order chi connectivity index (χ0) is 18.0. The van der Waals surface area contributed by atoms with E-state index in [1.807, 2.05) is 19.1 Å². The second-order valence-corrected chi connectivity index (χ2v) is 7.54. The number of carbonyl (C=O) groups excluding carboxylic acids is 2. The average molecular weight is 381 g/mol. The van der Waals surface area contributed by atoms with Crippen LogP contribution in [-0.4, -0.2) is 18.0 Å². The van der Waals surface area contributed by atoms with Crippen molar-refractivity contribution < 1.29 is 9.59 Å². The van der Waals surface area contributed by atoms with Gasteiger partial charge in [-0.2, -0.15) is 0 Å². The minimum Gasteiger partial charge on any atom is -0.351 e. The number of nitrogens with one attached hydrogen (secondary N) is 2. The van der Waals surface area contributed by atoms with Crippen molar-refractivity contribution in [2.75, 3.05) is 5.32 Å². The zero-order valence-corrected chi connectivity index (χ0v) is 15.9. The molecule has 0 heterocycles. The van der Waals surface area contributed by atoms with Crippen molar-refractivity contribution in [3.8, 4) is 0 Å². The summed E-state index contributed by atoms with van der Waals surface area (Å²) in [4.78, 5) is 23.6. The van der Waals surface area contributed by atoms with Gasteiger partial charge >= 0.3 is 6.03 Å². The Bertz CT molecular complexity index is 623. The summed E-state index contributed by atoms with van der Waals surface area (Å²) in [5.41, 5.74) is 13.1. The molecule has 0 saturated heterocycles. The van der Waals surface area contributed by atoms with Gasteiger partial charge in [-0.1, -0.05) is 18.6 Å². The number of rotatable bonds is 4. The van der Waals surface area contributed by atoms with E-state index in [9.17, 15) is 9.59 Å². The van der Waals surface area contributed by atoms with Gasteiger partial charge in [-0.25, -0.2) is 4.79 Å². The molecule has 6 nitrogen and oxygen atoms in total. The highest BCUT2D eigenvalue weighted by Crippen LogP contribution is 2.42. The summed E-state index contributed by atoms with van der Waals surface area (Å²) in [6.45, 7) is 1.98. The van der Waals surface area contributed by atoms with Gasteiger partial charge in [-0.15, -0.1) is 12.4 Å². The second kappa shape index (κ2) is 8.73. The van der Waals surface area contributed by atoms with Crippen LogP contribution in [0, 0.1) is 17.8 Å². The monoisotopic (exact) mass is 380 g/mol. The van der Waals surface area contributed by atoms with E-state index >= 15 is 0 Å². The number of urea groups is 1. The van der Waals surface area contributed by atoms with Crippen LogP contribution in [0.1, 0.15) is 50.6 Å². The fourth-order valence-corrected chi connectivity index (χ4v) is 4.42. The number of hydrogen-bond acceptors (Lipinski definition) is 3. The summed E-state index contributed by atoms with van der Waals surface area (Å²) in [7, 11) is 0. The van der Waals surface area contributed by atoms with Crippen molar-refractivity contribution in [2.45, 2.75) is 51.1 Å². The summed E-state index contributed by atoms with van der Waals surface area (Å²) in [6, 6.07) is 6.96. The molecule has 2 saturated carbocycles. The first-order valence-electron chi connectivity index (χ1n) is 9.16. The molecule has 3 rings (SSSR count). The van der Waals surface area contributed by atoms with Crippen LogP contribution in [0.2, 0.25) is 0 Å². The molecule has 3 atom stereocenters. The van der Waals surface area contributed by atoms with E-state index in [0.717, 1.165) is 31.2 Å². The number of halogens is 1. The first-order chi connectivity index (χ1) is 11.9. The highest BCUT2D eigenvalue weighted by atomic mass is 35.5. The maximum Gasteiger partial charge on any atom is 0.316 e. The molecule has 0 aromatic heterocycles. The Morgan fingerprint density at radius 1 is 1.12 bits per heavy atom. The van der Waals surface area contributed by atoms with Gasteiger partial charge in [0.2, 0.25) is 5.91 Å². The van der Waals surface area contributed by atoms with E-state index in [1.165, 1.54) is 6.42 Å². The van der Waals surface area contributed by atoms with Gasteiger partial charge in [0.15, 0.2) is 0 Å². The van der Waals surface area contributed by atoms with Crippen LogP contribution in [0.15, 0.2) is 24.3 Å². The normalized spacial score (nSPS) is 28.4. The summed E-state index contributed by atoms with van der Waals surface area (Å²) in [6.07, 6.45) is 5.39. The molecule has 0 spiro atoms. The Kier molecular flexibility index (Phi) is 6.89. The minimum atomic E-state index is -0.588. The van der Waals surface area contributed by atoms with Gasteiger partial charge in [0.1, 0.15) is 0 Å². The Hall–Kier alpha value is -1.79. The van der Waals surface area contributed by atoms with E-state index < -0.39 is 6.03 Å². The Balaban J connectivity index is 0.00000243. The second-order valence-electron chi connectivity index (χ2n) is 7.54.